The summed E-state index contributed by atoms with van der Waals surface area (Å²) >= 11 is 0. The summed E-state index contributed by atoms with van der Waals surface area (Å²) in [7, 11) is 0. The number of nitrogens with one attached hydrogen (secondary N) is 1. The summed E-state index contributed by atoms with van der Waals surface area (Å²) in [4.78, 5) is 21.6. The Bertz CT molecular complexity index is 1170. The van der Waals surface area contributed by atoms with Crippen molar-refractivity contribution in [1.82, 2.24) is 20.1 Å². The molecular weight excluding hydrogens is 376 g/mol. The summed E-state index contributed by atoms with van der Waals surface area (Å²) in [6, 6.07) is 3.98. The van der Waals surface area contributed by atoms with Gasteiger partial charge < -0.3 is 14.6 Å². The van der Waals surface area contributed by atoms with Gasteiger partial charge in [-0.2, -0.15) is 0 Å². The van der Waals surface area contributed by atoms with Crippen LogP contribution in [-0.4, -0.2) is 46.9 Å². The van der Waals surface area contributed by atoms with Gasteiger partial charge in [-0.3, -0.25) is 14.7 Å². The van der Waals surface area contributed by atoms with Crippen LogP contribution in [0.2, 0.25) is 0 Å². The van der Waals surface area contributed by atoms with Gasteiger partial charge in [0.05, 0.1) is 11.4 Å². The van der Waals surface area contributed by atoms with E-state index >= 15 is 0 Å². The number of piperazine rings is 1. The van der Waals surface area contributed by atoms with Gasteiger partial charge in [0.2, 0.25) is 0 Å². The molecule has 0 aromatic carbocycles. The van der Waals surface area contributed by atoms with Gasteiger partial charge in [-0.1, -0.05) is 12.2 Å². The van der Waals surface area contributed by atoms with Crippen molar-refractivity contribution in [1.29, 1.82) is 0 Å². The molecule has 0 unspecified atom stereocenters. The molecule has 2 aromatic rings. The topological polar surface area (TPSA) is 61.6 Å². The number of furan rings is 1. The van der Waals surface area contributed by atoms with Gasteiger partial charge in [-0.15, -0.1) is 0 Å². The van der Waals surface area contributed by atoms with Crippen LogP contribution in [0.5, 0.6) is 0 Å². The van der Waals surface area contributed by atoms with Crippen molar-refractivity contribution in [2.24, 2.45) is 0 Å². The first kappa shape index (κ1) is 18.6. The highest BCUT2D eigenvalue weighted by molar-refractivity contribution is 6.00. The van der Waals surface area contributed by atoms with Crippen LogP contribution in [0.15, 0.2) is 70.6 Å². The van der Waals surface area contributed by atoms with Gasteiger partial charge in [-0.25, -0.2) is 0 Å². The lowest BCUT2D eigenvalue weighted by Crippen LogP contribution is -2.43. The summed E-state index contributed by atoms with van der Waals surface area (Å²) in [6.45, 7) is 7.68. The van der Waals surface area contributed by atoms with E-state index in [4.69, 9.17) is 4.42 Å². The van der Waals surface area contributed by atoms with Crippen LogP contribution >= 0.6 is 0 Å². The Morgan fingerprint density at radius 1 is 1.07 bits per heavy atom. The van der Waals surface area contributed by atoms with E-state index in [0.717, 1.165) is 65.5 Å². The quantitative estimate of drug-likeness (QED) is 0.837. The second kappa shape index (κ2) is 7.46. The molecular formula is C24H24N4O2. The Hall–Kier alpha value is -3.38. The normalized spacial score (nSPS) is 23.8. The zero-order chi connectivity index (χ0) is 20.7. The van der Waals surface area contributed by atoms with Gasteiger partial charge in [0.25, 0.3) is 5.91 Å². The number of allylic oxidation sites excluding steroid dienone is 6. The van der Waals surface area contributed by atoms with Crippen LogP contribution in [0.1, 0.15) is 17.1 Å². The van der Waals surface area contributed by atoms with E-state index in [0.29, 0.717) is 5.76 Å². The molecule has 1 amide bonds. The molecule has 0 aliphatic carbocycles. The lowest BCUT2D eigenvalue weighted by molar-refractivity contribution is -0.122. The average molecular weight is 400 g/mol. The van der Waals surface area contributed by atoms with Crippen LogP contribution < -0.4 is 5.32 Å². The summed E-state index contributed by atoms with van der Waals surface area (Å²) in [5.74, 6) is 0.574. The second-order valence-electron chi connectivity index (χ2n) is 7.76. The second-order valence-corrected chi connectivity index (χ2v) is 7.76. The maximum absolute atomic E-state index is 13.2. The number of nitrogens with zero attached hydrogens (tertiary/aromatic N) is 3. The van der Waals surface area contributed by atoms with E-state index in [1.807, 2.05) is 56.5 Å². The number of rotatable bonds is 2. The Morgan fingerprint density at radius 2 is 1.87 bits per heavy atom. The summed E-state index contributed by atoms with van der Waals surface area (Å²) in [5.41, 5.74) is 5.22. The molecule has 3 aliphatic heterocycles. The largest absolute Gasteiger partial charge is 0.454 e. The lowest BCUT2D eigenvalue weighted by atomic mass is 10.1. The molecule has 1 fully saturated rings. The minimum Gasteiger partial charge on any atom is -0.454 e. The number of carbonyl (C=O) groups excluding carboxylic acids is 1. The molecule has 0 radical (unpaired) electrons. The first-order chi connectivity index (χ1) is 14.6. The molecule has 0 bridgehead atoms. The zero-order valence-electron chi connectivity index (χ0n) is 17.2. The summed E-state index contributed by atoms with van der Waals surface area (Å²) in [5, 5.41) is 4.36. The Kier molecular flexibility index (Phi) is 4.64. The molecule has 5 heterocycles. The maximum Gasteiger partial charge on any atom is 0.255 e. The smallest absolute Gasteiger partial charge is 0.255 e. The molecule has 30 heavy (non-hydrogen) atoms. The number of aromatic nitrogens is 1. The van der Waals surface area contributed by atoms with Gasteiger partial charge in [0, 0.05) is 60.8 Å². The monoisotopic (exact) mass is 400 g/mol. The van der Waals surface area contributed by atoms with Crippen molar-refractivity contribution in [2.75, 3.05) is 26.2 Å². The minimum atomic E-state index is -0.0935. The van der Waals surface area contributed by atoms with Crippen molar-refractivity contribution >= 4 is 22.4 Å². The van der Waals surface area contributed by atoms with Crippen molar-refractivity contribution in [3.63, 3.8) is 0 Å². The molecule has 3 aliphatic rings. The number of pyridine rings is 1. The van der Waals surface area contributed by atoms with Crippen molar-refractivity contribution in [2.45, 2.75) is 13.8 Å². The first-order valence-electron chi connectivity index (χ1n) is 10.3. The zero-order valence-corrected chi connectivity index (χ0v) is 17.2. The number of fused-ring (bicyclic) bond motifs is 2. The molecule has 6 heteroatoms. The fraction of sp³-hybridized carbons (Fsp3) is 0.250. The van der Waals surface area contributed by atoms with Crippen LogP contribution in [-0.2, 0) is 4.79 Å². The third kappa shape index (κ3) is 3.39. The molecule has 5 rings (SSSR count). The fourth-order valence-electron chi connectivity index (χ4n) is 4.10. The van der Waals surface area contributed by atoms with Crippen LogP contribution in [0.4, 0.5) is 0 Å². The van der Waals surface area contributed by atoms with Gasteiger partial charge >= 0.3 is 0 Å². The van der Waals surface area contributed by atoms with E-state index in [1.54, 1.807) is 11.0 Å². The predicted octanol–water partition coefficient (Wildman–Crippen LogP) is 3.43. The van der Waals surface area contributed by atoms with E-state index in [2.05, 4.69) is 21.3 Å². The maximum atomic E-state index is 13.2. The number of hydrogen-bond donors (Lipinski definition) is 1. The van der Waals surface area contributed by atoms with Crippen molar-refractivity contribution in [3.8, 4) is 0 Å². The highest BCUT2D eigenvalue weighted by Crippen LogP contribution is 2.30. The van der Waals surface area contributed by atoms with Crippen molar-refractivity contribution < 1.29 is 9.21 Å². The van der Waals surface area contributed by atoms with E-state index in [-0.39, 0.29) is 5.91 Å². The Balaban J connectivity index is 1.50. The number of aryl methyl sites for hydroxylation is 2. The molecule has 1 N–H and O–H groups in total. The van der Waals surface area contributed by atoms with Crippen LogP contribution in [0.3, 0.4) is 0 Å². The fourth-order valence-corrected chi connectivity index (χ4v) is 4.10. The number of carbonyl (C=O) groups is 1. The van der Waals surface area contributed by atoms with Gasteiger partial charge in [0.1, 0.15) is 5.76 Å². The van der Waals surface area contributed by atoms with Crippen LogP contribution in [0.25, 0.3) is 16.5 Å². The lowest BCUT2D eigenvalue weighted by Gasteiger charge is -2.33. The molecule has 1 saturated heterocycles. The standard InChI is InChI=1S/C24H24N4O2/c1-16-12-19-13-22(30-24(19)17(2)26-16)18-4-3-5-20-6-7-21(15-28(20)23(29)14-18)27-10-8-25-9-11-27/h3-7,12-15,25H,8-11H2,1-2H3/b4-3+,18-14+,20-5+. The molecule has 0 spiro atoms. The highest BCUT2D eigenvalue weighted by atomic mass is 16.3. The number of amides is 1. The first-order valence-corrected chi connectivity index (χ1v) is 10.3. The predicted molar refractivity (Wildman–Crippen MR) is 117 cm³/mol. The van der Waals surface area contributed by atoms with E-state index < -0.39 is 0 Å². The minimum absolute atomic E-state index is 0.0935. The van der Waals surface area contributed by atoms with E-state index in [9.17, 15) is 4.79 Å². The summed E-state index contributed by atoms with van der Waals surface area (Å²) in [6.07, 6.45) is 13.5. The molecule has 152 valence electrons. The third-order valence-corrected chi connectivity index (χ3v) is 5.59. The van der Waals surface area contributed by atoms with Crippen LogP contribution in [0, 0.1) is 13.8 Å². The Morgan fingerprint density at radius 3 is 2.70 bits per heavy atom. The SMILES string of the molecule is Cc1cc2cc(C3=C\C(=O)N4C=C(N5CCNCC5)C=C\C4=C/C=C/3)oc2c(C)n1. The number of hydrogen-bond acceptors (Lipinski definition) is 5. The van der Waals surface area contributed by atoms with Gasteiger partial charge in [0.15, 0.2) is 5.58 Å². The molecule has 0 saturated carbocycles. The Labute approximate surface area is 175 Å². The van der Waals surface area contributed by atoms with Crippen molar-refractivity contribution in [3.05, 3.63) is 83.3 Å². The highest BCUT2D eigenvalue weighted by Gasteiger charge is 2.22. The molecule has 2 aromatic heterocycles. The molecule has 0 atom stereocenters. The van der Waals surface area contributed by atoms with Gasteiger partial charge in [-0.05, 0) is 44.2 Å². The average Bonchev–Trinajstić information content (AvgIpc) is 3.16. The third-order valence-electron chi connectivity index (χ3n) is 5.59. The summed E-state index contributed by atoms with van der Waals surface area (Å²) < 4.78 is 6.07. The van der Waals surface area contributed by atoms with E-state index in [1.165, 1.54) is 0 Å². The molecule has 6 nitrogen and oxygen atoms in total.